The Morgan fingerprint density at radius 3 is 2.57 bits per heavy atom. The number of thioether (sulfide) groups is 1. The molecule has 0 atom stereocenters. The predicted molar refractivity (Wildman–Crippen MR) is 84.7 cm³/mol. The van der Waals surface area contributed by atoms with E-state index in [1.165, 1.54) is 35.7 Å². The van der Waals surface area contributed by atoms with Gasteiger partial charge >= 0.3 is 0 Å². The summed E-state index contributed by atoms with van der Waals surface area (Å²) in [5, 5.41) is 3.84. The van der Waals surface area contributed by atoms with Crippen LogP contribution < -0.4 is 5.43 Å². The first-order valence-electron chi connectivity index (χ1n) is 6.43. The molecule has 1 amide bonds. The van der Waals surface area contributed by atoms with Crippen LogP contribution >= 0.6 is 11.8 Å². The zero-order valence-corrected chi connectivity index (χ0v) is 12.1. The largest absolute Gasteiger partial charge is 0.272 e. The van der Waals surface area contributed by atoms with Gasteiger partial charge in [-0.3, -0.25) is 4.79 Å². The molecule has 0 fully saturated rings. The van der Waals surface area contributed by atoms with E-state index in [-0.39, 0.29) is 11.7 Å². The van der Waals surface area contributed by atoms with Crippen molar-refractivity contribution < 1.29 is 9.18 Å². The second-order valence-corrected chi connectivity index (χ2v) is 5.31. The second-order valence-electron chi connectivity index (χ2n) is 4.32. The summed E-state index contributed by atoms with van der Waals surface area (Å²) in [6.07, 6.45) is 1.49. The van der Waals surface area contributed by atoms with E-state index in [9.17, 15) is 9.18 Å². The molecule has 0 saturated heterocycles. The van der Waals surface area contributed by atoms with E-state index >= 15 is 0 Å². The molecule has 0 bridgehead atoms. The zero-order chi connectivity index (χ0) is 14.9. The third-order valence-electron chi connectivity index (χ3n) is 2.62. The molecule has 108 valence electrons. The summed E-state index contributed by atoms with van der Waals surface area (Å²) in [5.41, 5.74) is 4.36. The summed E-state index contributed by atoms with van der Waals surface area (Å²) in [4.78, 5) is 11.6. The van der Waals surface area contributed by atoms with Gasteiger partial charge in [-0.2, -0.15) is 5.10 Å². The van der Waals surface area contributed by atoms with E-state index < -0.39 is 0 Å². The van der Waals surface area contributed by atoms with Gasteiger partial charge in [0.1, 0.15) is 5.82 Å². The lowest BCUT2D eigenvalue weighted by Crippen LogP contribution is -2.19. The summed E-state index contributed by atoms with van der Waals surface area (Å²) < 4.78 is 12.7. The van der Waals surface area contributed by atoms with Crippen LogP contribution in [-0.4, -0.2) is 17.9 Å². The van der Waals surface area contributed by atoms with Crippen molar-refractivity contribution in [1.29, 1.82) is 0 Å². The number of halogens is 1. The molecule has 2 aromatic carbocycles. The Labute approximate surface area is 127 Å². The van der Waals surface area contributed by atoms with Crippen molar-refractivity contribution in [3.8, 4) is 0 Å². The highest BCUT2D eigenvalue weighted by Crippen LogP contribution is 2.10. The van der Waals surface area contributed by atoms with E-state index in [1.807, 2.05) is 30.3 Å². The number of hydrogen-bond donors (Lipinski definition) is 1. The van der Waals surface area contributed by atoms with E-state index in [0.717, 1.165) is 11.3 Å². The number of carbonyl (C=O) groups is 1. The van der Waals surface area contributed by atoms with Crippen LogP contribution in [0.1, 0.15) is 11.1 Å². The molecule has 5 heteroatoms. The highest BCUT2D eigenvalue weighted by atomic mass is 32.2. The minimum absolute atomic E-state index is 0.158. The standard InChI is InChI=1S/C16H15FN2OS/c17-15-8-6-13(7-9-15)10-18-19-16(20)12-21-11-14-4-2-1-3-5-14/h1-10H,11-12H2,(H,19,20)/b18-10-. The maximum atomic E-state index is 12.7. The van der Waals surface area contributed by atoms with E-state index in [2.05, 4.69) is 10.5 Å². The molecule has 0 radical (unpaired) electrons. The van der Waals surface area contributed by atoms with Crippen molar-refractivity contribution in [1.82, 2.24) is 5.43 Å². The molecular formula is C16H15FN2OS. The van der Waals surface area contributed by atoms with Crippen molar-refractivity contribution in [2.45, 2.75) is 5.75 Å². The van der Waals surface area contributed by atoms with Gasteiger partial charge in [-0.25, -0.2) is 9.82 Å². The molecule has 2 aromatic rings. The number of rotatable bonds is 6. The van der Waals surface area contributed by atoms with Gasteiger partial charge < -0.3 is 0 Å². The lowest BCUT2D eigenvalue weighted by Gasteiger charge is -2.01. The van der Waals surface area contributed by atoms with Gasteiger partial charge in [0.2, 0.25) is 5.91 Å². The second kappa shape index (κ2) is 8.21. The maximum absolute atomic E-state index is 12.7. The van der Waals surface area contributed by atoms with Crippen LogP contribution in [0.15, 0.2) is 59.7 Å². The number of nitrogens with zero attached hydrogens (tertiary/aromatic N) is 1. The van der Waals surface area contributed by atoms with Crippen LogP contribution in [0.4, 0.5) is 4.39 Å². The Morgan fingerprint density at radius 1 is 1.14 bits per heavy atom. The quantitative estimate of drug-likeness (QED) is 0.657. The Kier molecular flexibility index (Phi) is 5.97. The molecule has 0 spiro atoms. The fraction of sp³-hybridized carbons (Fsp3) is 0.125. The van der Waals surface area contributed by atoms with Crippen LogP contribution in [0.25, 0.3) is 0 Å². The van der Waals surface area contributed by atoms with Crippen molar-refractivity contribution in [3.05, 3.63) is 71.5 Å². The Balaban J connectivity index is 1.69. The van der Waals surface area contributed by atoms with Gasteiger partial charge in [-0.15, -0.1) is 11.8 Å². The van der Waals surface area contributed by atoms with Crippen molar-refractivity contribution >= 4 is 23.9 Å². The monoisotopic (exact) mass is 302 g/mol. The molecule has 21 heavy (non-hydrogen) atoms. The zero-order valence-electron chi connectivity index (χ0n) is 11.3. The molecule has 3 nitrogen and oxygen atoms in total. The van der Waals surface area contributed by atoms with E-state index in [0.29, 0.717) is 5.75 Å². The molecule has 0 aliphatic carbocycles. The number of benzene rings is 2. The topological polar surface area (TPSA) is 41.5 Å². The van der Waals surface area contributed by atoms with Crippen LogP contribution in [0, 0.1) is 5.82 Å². The lowest BCUT2D eigenvalue weighted by atomic mass is 10.2. The summed E-state index contributed by atoms with van der Waals surface area (Å²) in [6.45, 7) is 0. The molecular weight excluding hydrogens is 287 g/mol. The summed E-state index contributed by atoms with van der Waals surface area (Å²) in [5.74, 6) is 0.675. The Morgan fingerprint density at radius 2 is 1.86 bits per heavy atom. The normalized spacial score (nSPS) is 10.7. The van der Waals surface area contributed by atoms with Crippen molar-refractivity contribution in [2.75, 3.05) is 5.75 Å². The first-order chi connectivity index (χ1) is 10.2. The third-order valence-corrected chi connectivity index (χ3v) is 3.62. The minimum Gasteiger partial charge on any atom is -0.272 e. The average Bonchev–Trinajstić information content (AvgIpc) is 2.50. The molecule has 0 aromatic heterocycles. The van der Waals surface area contributed by atoms with Crippen molar-refractivity contribution in [3.63, 3.8) is 0 Å². The Bertz CT molecular complexity index is 599. The van der Waals surface area contributed by atoms with Gasteiger partial charge in [0.25, 0.3) is 0 Å². The molecule has 0 unspecified atom stereocenters. The van der Waals surface area contributed by atoms with E-state index in [4.69, 9.17) is 0 Å². The summed E-state index contributed by atoms with van der Waals surface area (Å²) in [7, 11) is 0. The molecule has 0 aliphatic heterocycles. The molecule has 2 rings (SSSR count). The Hall–Kier alpha value is -2.14. The van der Waals surface area contributed by atoms with Crippen LogP contribution in [0.5, 0.6) is 0 Å². The highest BCUT2D eigenvalue weighted by Gasteiger charge is 2.00. The first kappa shape index (κ1) is 15.3. The van der Waals surface area contributed by atoms with Gasteiger partial charge in [-0.1, -0.05) is 42.5 Å². The van der Waals surface area contributed by atoms with Gasteiger partial charge in [0.15, 0.2) is 0 Å². The fourth-order valence-corrected chi connectivity index (χ4v) is 2.38. The van der Waals surface area contributed by atoms with E-state index in [1.54, 1.807) is 12.1 Å². The third kappa shape index (κ3) is 5.79. The average molecular weight is 302 g/mol. The smallest absolute Gasteiger partial charge is 0.250 e. The van der Waals surface area contributed by atoms with Crippen LogP contribution in [0.3, 0.4) is 0 Å². The predicted octanol–water partition coefficient (Wildman–Crippen LogP) is 3.21. The summed E-state index contributed by atoms with van der Waals surface area (Å²) >= 11 is 1.53. The highest BCUT2D eigenvalue weighted by molar-refractivity contribution is 7.99. The molecule has 0 saturated carbocycles. The van der Waals surface area contributed by atoms with Gasteiger partial charge in [0, 0.05) is 5.75 Å². The SMILES string of the molecule is O=C(CSCc1ccccc1)N/N=C\c1ccc(F)cc1. The molecule has 0 aliphatic rings. The number of nitrogens with one attached hydrogen (secondary N) is 1. The first-order valence-corrected chi connectivity index (χ1v) is 7.58. The number of carbonyl (C=O) groups excluding carboxylic acids is 1. The molecule has 1 N–H and O–H groups in total. The maximum Gasteiger partial charge on any atom is 0.250 e. The van der Waals surface area contributed by atoms with Gasteiger partial charge in [-0.05, 0) is 23.3 Å². The number of amides is 1. The number of hydrogen-bond acceptors (Lipinski definition) is 3. The summed E-state index contributed by atoms with van der Waals surface area (Å²) in [6, 6.07) is 15.8. The van der Waals surface area contributed by atoms with Crippen LogP contribution in [0.2, 0.25) is 0 Å². The van der Waals surface area contributed by atoms with Crippen LogP contribution in [-0.2, 0) is 10.5 Å². The minimum atomic E-state index is -0.298. The van der Waals surface area contributed by atoms with Gasteiger partial charge in [0.05, 0.1) is 12.0 Å². The molecule has 0 heterocycles. The number of hydrazone groups is 1. The fourth-order valence-electron chi connectivity index (χ4n) is 1.60. The lowest BCUT2D eigenvalue weighted by molar-refractivity contribution is -0.118. The van der Waals surface area contributed by atoms with Crippen molar-refractivity contribution in [2.24, 2.45) is 5.10 Å².